The number of hydrogen-bond acceptors (Lipinski definition) is 3. The van der Waals surface area contributed by atoms with E-state index in [1.54, 1.807) is 6.07 Å². The van der Waals surface area contributed by atoms with E-state index >= 15 is 0 Å². The second-order valence-corrected chi connectivity index (χ2v) is 5.68. The molecule has 3 rings (SSSR count). The van der Waals surface area contributed by atoms with Crippen molar-refractivity contribution < 1.29 is 13.9 Å². The number of nitrogens with one attached hydrogen (secondary N) is 1. The molecule has 1 aromatic heterocycles. The van der Waals surface area contributed by atoms with Crippen LogP contribution in [0.5, 0.6) is 5.75 Å². The minimum atomic E-state index is -0.213. The highest BCUT2D eigenvalue weighted by atomic mass is 16.5. The Bertz CT molecular complexity index is 817. The number of ether oxygens (including phenoxy) is 1. The fraction of sp³-hybridized carbons (Fsp3) is 0.150. The quantitative estimate of drug-likeness (QED) is 0.739. The number of carbonyl (C=O) groups is 1. The maximum atomic E-state index is 12.4. The summed E-state index contributed by atoms with van der Waals surface area (Å²) in [5, 5.41) is 2.86. The number of anilines is 1. The van der Waals surface area contributed by atoms with Crippen LogP contribution < -0.4 is 10.1 Å². The molecule has 4 nitrogen and oxygen atoms in total. The molecule has 1 heterocycles. The zero-order chi connectivity index (χ0) is 16.9. The van der Waals surface area contributed by atoms with Crippen LogP contribution in [0.3, 0.4) is 0 Å². The normalized spacial score (nSPS) is 10.4. The van der Waals surface area contributed by atoms with Crippen molar-refractivity contribution in [2.24, 2.45) is 0 Å². The van der Waals surface area contributed by atoms with Crippen molar-refractivity contribution in [3.8, 4) is 5.75 Å². The molecule has 0 bridgehead atoms. The van der Waals surface area contributed by atoms with E-state index in [1.807, 2.05) is 62.4 Å². The summed E-state index contributed by atoms with van der Waals surface area (Å²) in [6.45, 7) is 4.22. The van der Waals surface area contributed by atoms with Crippen molar-refractivity contribution in [2.75, 3.05) is 5.32 Å². The molecule has 122 valence electrons. The van der Waals surface area contributed by atoms with Gasteiger partial charge in [-0.15, -0.1) is 0 Å². The molecule has 1 N–H and O–H groups in total. The van der Waals surface area contributed by atoms with Crippen LogP contribution >= 0.6 is 0 Å². The number of benzene rings is 2. The van der Waals surface area contributed by atoms with Crippen molar-refractivity contribution in [3.05, 3.63) is 83.3 Å². The van der Waals surface area contributed by atoms with Crippen molar-refractivity contribution in [2.45, 2.75) is 20.5 Å². The third-order valence-electron chi connectivity index (χ3n) is 3.69. The third kappa shape index (κ3) is 3.84. The molecule has 0 atom stereocenters. The fourth-order valence-electron chi connectivity index (χ4n) is 2.27. The number of amides is 1. The summed E-state index contributed by atoms with van der Waals surface area (Å²) in [4.78, 5) is 12.4. The van der Waals surface area contributed by atoms with Crippen LogP contribution in [0.15, 0.2) is 65.3 Å². The Morgan fingerprint density at radius 2 is 1.58 bits per heavy atom. The van der Waals surface area contributed by atoms with E-state index in [4.69, 9.17) is 9.15 Å². The van der Waals surface area contributed by atoms with E-state index < -0.39 is 0 Å². The second-order valence-electron chi connectivity index (χ2n) is 5.68. The second kappa shape index (κ2) is 7.04. The summed E-state index contributed by atoms with van der Waals surface area (Å²) in [5.41, 5.74) is 3.53. The van der Waals surface area contributed by atoms with Crippen molar-refractivity contribution in [1.29, 1.82) is 0 Å². The van der Waals surface area contributed by atoms with Gasteiger partial charge in [0.1, 0.15) is 12.4 Å². The average Bonchev–Trinajstić information content (AvgIpc) is 3.05. The fourth-order valence-corrected chi connectivity index (χ4v) is 2.27. The first-order valence-electron chi connectivity index (χ1n) is 7.76. The van der Waals surface area contributed by atoms with E-state index in [-0.39, 0.29) is 12.5 Å². The average molecular weight is 321 g/mol. The van der Waals surface area contributed by atoms with Crippen LogP contribution in [0, 0.1) is 13.8 Å². The molecule has 24 heavy (non-hydrogen) atoms. The molecule has 2 aromatic carbocycles. The van der Waals surface area contributed by atoms with E-state index in [9.17, 15) is 4.79 Å². The first-order chi connectivity index (χ1) is 11.6. The molecule has 0 aliphatic carbocycles. The molecule has 0 aliphatic rings. The first-order valence-corrected chi connectivity index (χ1v) is 7.76. The topological polar surface area (TPSA) is 51.5 Å². The van der Waals surface area contributed by atoms with Crippen molar-refractivity contribution in [1.82, 2.24) is 0 Å². The molecule has 0 aliphatic heterocycles. The highest BCUT2D eigenvalue weighted by molar-refractivity contribution is 6.04. The molecule has 0 spiro atoms. The van der Waals surface area contributed by atoms with Gasteiger partial charge in [0.15, 0.2) is 5.76 Å². The van der Waals surface area contributed by atoms with Gasteiger partial charge in [-0.05, 0) is 44.2 Å². The summed E-state index contributed by atoms with van der Waals surface area (Å²) < 4.78 is 11.1. The Hall–Kier alpha value is -3.01. The summed E-state index contributed by atoms with van der Waals surface area (Å²) in [7, 11) is 0. The highest BCUT2D eigenvalue weighted by Gasteiger charge is 2.15. The molecular weight excluding hydrogens is 302 g/mol. The smallest absolute Gasteiger partial charge is 0.259 e. The number of hydrogen-bond donors (Lipinski definition) is 1. The molecule has 1 amide bonds. The lowest BCUT2D eigenvalue weighted by molar-refractivity contribution is 0.102. The van der Waals surface area contributed by atoms with Crippen molar-refractivity contribution in [3.63, 3.8) is 0 Å². The van der Waals surface area contributed by atoms with Gasteiger partial charge < -0.3 is 14.5 Å². The standard InChI is InChI=1S/C20H19NO3/c1-14-3-7-16(8-4-14)21-20(22)18-11-12-23-19(18)13-24-17-9-5-15(2)6-10-17/h3-12H,13H2,1-2H3,(H,21,22). The van der Waals surface area contributed by atoms with E-state index in [2.05, 4.69) is 5.32 Å². The van der Waals surface area contributed by atoms with Gasteiger partial charge in [0, 0.05) is 5.69 Å². The number of aryl methyl sites for hydroxylation is 2. The van der Waals surface area contributed by atoms with Crippen LogP contribution in [0.25, 0.3) is 0 Å². The largest absolute Gasteiger partial charge is 0.486 e. The van der Waals surface area contributed by atoms with E-state index in [0.717, 1.165) is 17.0 Å². The van der Waals surface area contributed by atoms with Gasteiger partial charge in [-0.2, -0.15) is 0 Å². The van der Waals surface area contributed by atoms with Gasteiger partial charge in [-0.1, -0.05) is 35.4 Å². The van der Waals surface area contributed by atoms with Crippen LogP contribution in [0.2, 0.25) is 0 Å². The Labute approximate surface area is 141 Å². The Kier molecular flexibility index (Phi) is 4.66. The van der Waals surface area contributed by atoms with Gasteiger partial charge >= 0.3 is 0 Å². The van der Waals surface area contributed by atoms with Gasteiger partial charge in [-0.3, -0.25) is 4.79 Å². The highest BCUT2D eigenvalue weighted by Crippen LogP contribution is 2.18. The zero-order valence-corrected chi connectivity index (χ0v) is 13.7. The van der Waals surface area contributed by atoms with Gasteiger partial charge in [0.25, 0.3) is 5.91 Å². The summed E-state index contributed by atoms with van der Waals surface area (Å²) in [6.07, 6.45) is 1.50. The van der Waals surface area contributed by atoms with Crippen LogP contribution in [-0.2, 0) is 6.61 Å². The summed E-state index contributed by atoms with van der Waals surface area (Å²) in [5.74, 6) is 1.03. The zero-order valence-electron chi connectivity index (χ0n) is 13.7. The lowest BCUT2D eigenvalue weighted by Crippen LogP contribution is -2.13. The summed E-state index contributed by atoms with van der Waals surface area (Å²) in [6, 6.07) is 17.0. The first kappa shape index (κ1) is 15.9. The minimum absolute atomic E-state index is 0.201. The van der Waals surface area contributed by atoms with Crippen LogP contribution in [0.4, 0.5) is 5.69 Å². The maximum Gasteiger partial charge on any atom is 0.259 e. The SMILES string of the molecule is Cc1ccc(NC(=O)c2ccoc2COc2ccc(C)cc2)cc1. The third-order valence-corrected chi connectivity index (χ3v) is 3.69. The number of furan rings is 1. The van der Waals surface area contributed by atoms with Crippen LogP contribution in [-0.4, -0.2) is 5.91 Å². The maximum absolute atomic E-state index is 12.4. The molecule has 4 heteroatoms. The van der Waals surface area contributed by atoms with Crippen molar-refractivity contribution >= 4 is 11.6 Å². The minimum Gasteiger partial charge on any atom is -0.486 e. The predicted molar refractivity (Wildman–Crippen MR) is 93.4 cm³/mol. The van der Waals surface area contributed by atoms with Gasteiger partial charge in [-0.25, -0.2) is 0 Å². The van der Waals surface area contributed by atoms with E-state index in [1.165, 1.54) is 11.8 Å². The Balaban J connectivity index is 1.66. The molecule has 0 radical (unpaired) electrons. The molecular formula is C20H19NO3. The number of carbonyl (C=O) groups excluding carboxylic acids is 1. The molecule has 0 saturated carbocycles. The van der Waals surface area contributed by atoms with Crippen LogP contribution in [0.1, 0.15) is 27.2 Å². The monoisotopic (exact) mass is 321 g/mol. The Morgan fingerprint density at radius 3 is 2.25 bits per heavy atom. The lowest BCUT2D eigenvalue weighted by atomic mass is 10.2. The summed E-state index contributed by atoms with van der Waals surface area (Å²) >= 11 is 0. The van der Waals surface area contributed by atoms with Gasteiger partial charge in [0.05, 0.1) is 11.8 Å². The molecule has 0 fully saturated rings. The van der Waals surface area contributed by atoms with E-state index in [0.29, 0.717) is 11.3 Å². The Morgan fingerprint density at radius 1 is 0.958 bits per heavy atom. The molecule has 0 unspecified atom stereocenters. The van der Waals surface area contributed by atoms with Gasteiger partial charge in [0.2, 0.25) is 0 Å². The predicted octanol–water partition coefficient (Wildman–Crippen LogP) is 4.73. The lowest BCUT2D eigenvalue weighted by Gasteiger charge is -2.08. The molecule has 0 saturated heterocycles. The number of rotatable bonds is 5. The molecule has 3 aromatic rings.